The molecule has 4 nitrogen and oxygen atoms in total. The molecule has 1 heterocycles. The van der Waals surface area contributed by atoms with E-state index in [1.54, 1.807) is 32.1 Å². The summed E-state index contributed by atoms with van der Waals surface area (Å²) in [5.41, 5.74) is 0.749. The Morgan fingerprint density at radius 2 is 2.05 bits per heavy atom. The molecule has 0 unspecified atom stereocenters. The zero-order valence-electron chi connectivity index (χ0n) is 10.4. The number of amides is 2. The number of carbonyl (C=O) groups is 2. The largest absolute Gasteiger partial charge is 0.507 e. The number of halogens is 1. The molecule has 1 aromatic rings. The third-order valence-corrected chi connectivity index (χ3v) is 4.13. The van der Waals surface area contributed by atoms with Crippen LogP contribution >= 0.6 is 27.7 Å². The van der Waals surface area contributed by atoms with E-state index in [2.05, 4.69) is 15.9 Å². The molecule has 1 aliphatic heterocycles. The molecule has 2 amide bonds. The van der Waals surface area contributed by atoms with Gasteiger partial charge < -0.3 is 5.11 Å². The first-order chi connectivity index (χ1) is 8.90. The average molecular weight is 342 g/mol. The molecule has 0 aromatic heterocycles. The molecule has 19 heavy (non-hydrogen) atoms. The van der Waals surface area contributed by atoms with Crippen molar-refractivity contribution in [2.45, 2.75) is 19.9 Å². The van der Waals surface area contributed by atoms with Crippen LogP contribution in [0.3, 0.4) is 0 Å². The van der Waals surface area contributed by atoms with Crippen molar-refractivity contribution in [1.82, 2.24) is 4.90 Å². The van der Waals surface area contributed by atoms with Crippen LogP contribution in [0.4, 0.5) is 4.79 Å². The molecule has 6 heteroatoms. The van der Waals surface area contributed by atoms with Crippen molar-refractivity contribution >= 4 is 44.9 Å². The summed E-state index contributed by atoms with van der Waals surface area (Å²) in [7, 11) is 0. The van der Waals surface area contributed by atoms with Crippen LogP contribution in [0.2, 0.25) is 0 Å². The van der Waals surface area contributed by atoms with E-state index in [1.165, 1.54) is 11.0 Å². The minimum Gasteiger partial charge on any atom is -0.507 e. The minimum atomic E-state index is -0.269. The lowest BCUT2D eigenvalue weighted by Gasteiger charge is -2.16. The fraction of sp³-hybridized carbons (Fsp3) is 0.231. The van der Waals surface area contributed by atoms with E-state index in [4.69, 9.17) is 0 Å². The molecule has 1 N–H and O–H groups in total. The summed E-state index contributed by atoms with van der Waals surface area (Å²) in [5, 5.41) is 9.17. The Morgan fingerprint density at radius 3 is 2.58 bits per heavy atom. The van der Waals surface area contributed by atoms with E-state index < -0.39 is 0 Å². The van der Waals surface area contributed by atoms with E-state index in [-0.39, 0.29) is 22.9 Å². The molecule has 0 radical (unpaired) electrons. The van der Waals surface area contributed by atoms with Gasteiger partial charge >= 0.3 is 0 Å². The summed E-state index contributed by atoms with van der Waals surface area (Å²) in [5.74, 6) is -0.137. The Labute approximate surface area is 123 Å². The average Bonchev–Trinajstić information content (AvgIpc) is 2.59. The van der Waals surface area contributed by atoms with E-state index in [0.29, 0.717) is 9.38 Å². The molecule has 1 aromatic carbocycles. The highest BCUT2D eigenvalue weighted by molar-refractivity contribution is 9.10. The fourth-order valence-electron chi connectivity index (χ4n) is 1.69. The number of nitrogens with zero attached hydrogens (tertiary/aromatic N) is 1. The Morgan fingerprint density at radius 1 is 1.37 bits per heavy atom. The van der Waals surface area contributed by atoms with Gasteiger partial charge in [-0.25, -0.2) is 0 Å². The number of phenolic OH excluding ortho intramolecular Hbond substituents is 1. The third kappa shape index (κ3) is 2.84. The van der Waals surface area contributed by atoms with Crippen LogP contribution in [0.25, 0.3) is 6.08 Å². The molecule has 1 saturated heterocycles. The lowest BCUT2D eigenvalue weighted by molar-refractivity contribution is -0.123. The number of hydrogen-bond donors (Lipinski definition) is 1. The van der Waals surface area contributed by atoms with Gasteiger partial charge in [0.25, 0.3) is 11.1 Å². The van der Waals surface area contributed by atoms with Gasteiger partial charge in [-0.2, -0.15) is 0 Å². The molecule has 0 atom stereocenters. The second-order valence-corrected chi connectivity index (χ2v) is 6.20. The van der Waals surface area contributed by atoms with Crippen molar-refractivity contribution < 1.29 is 14.7 Å². The van der Waals surface area contributed by atoms with Crippen LogP contribution in [0.5, 0.6) is 5.75 Å². The van der Waals surface area contributed by atoms with Gasteiger partial charge in [-0.1, -0.05) is 6.07 Å². The van der Waals surface area contributed by atoms with Crippen LogP contribution in [-0.4, -0.2) is 27.2 Å². The van der Waals surface area contributed by atoms with Crippen LogP contribution in [0.15, 0.2) is 27.6 Å². The summed E-state index contributed by atoms with van der Waals surface area (Å²) >= 11 is 4.14. The van der Waals surface area contributed by atoms with Gasteiger partial charge in [0.2, 0.25) is 0 Å². The minimum absolute atomic E-state index is 0.132. The maximum absolute atomic E-state index is 12.1. The molecule has 0 bridgehead atoms. The number of hydrogen-bond acceptors (Lipinski definition) is 4. The highest BCUT2D eigenvalue weighted by Gasteiger charge is 2.36. The Balaban J connectivity index is 2.32. The molecule has 2 rings (SSSR count). The Hall–Kier alpha value is -1.27. The highest BCUT2D eigenvalue weighted by Crippen LogP contribution is 2.34. The van der Waals surface area contributed by atoms with E-state index in [0.717, 1.165) is 17.3 Å². The van der Waals surface area contributed by atoms with E-state index in [9.17, 15) is 14.7 Å². The predicted molar refractivity (Wildman–Crippen MR) is 78.8 cm³/mol. The van der Waals surface area contributed by atoms with Gasteiger partial charge in [-0.15, -0.1) is 0 Å². The van der Waals surface area contributed by atoms with Crippen molar-refractivity contribution in [3.8, 4) is 5.75 Å². The zero-order valence-corrected chi connectivity index (χ0v) is 12.8. The lowest BCUT2D eigenvalue weighted by Crippen LogP contribution is -2.34. The number of rotatable bonds is 2. The van der Waals surface area contributed by atoms with Gasteiger partial charge in [0.05, 0.1) is 9.38 Å². The molecular weight excluding hydrogens is 330 g/mol. The molecule has 1 aliphatic rings. The maximum atomic E-state index is 12.1. The van der Waals surface area contributed by atoms with Crippen molar-refractivity contribution in [3.63, 3.8) is 0 Å². The van der Waals surface area contributed by atoms with Crippen molar-refractivity contribution in [2.75, 3.05) is 0 Å². The van der Waals surface area contributed by atoms with Gasteiger partial charge in [0.1, 0.15) is 5.75 Å². The Bertz CT molecular complexity index is 583. The van der Waals surface area contributed by atoms with E-state index in [1.807, 2.05) is 0 Å². The number of phenols is 1. The van der Waals surface area contributed by atoms with E-state index >= 15 is 0 Å². The number of benzene rings is 1. The molecule has 0 spiro atoms. The maximum Gasteiger partial charge on any atom is 0.293 e. The van der Waals surface area contributed by atoms with Crippen LogP contribution in [0.1, 0.15) is 19.4 Å². The molecule has 0 aliphatic carbocycles. The van der Waals surface area contributed by atoms with Crippen molar-refractivity contribution in [3.05, 3.63) is 33.1 Å². The van der Waals surface area contributed by atoms with Gasteiger partial charge in [-0.05, 0) is 65.3 Å². The topological polar surface area (TPSA) is 57.6 Å². The van der Waals surface area contributed by atoms with Crippen LogP contribution in [-0.2, 0) is 4.79 Å². The SMILES string of the molecule is CC(C)N1C(=O)SC(=Cc2ccc(O)c(Br)c2)C1=O. The third-order valence-electron chi connectivity index (χ3n) is 2.61. The summed E-state index contributed by atoms with van der Waals surface area (Å²) in [6, 6.07) is 4.76. The second-order valence-electron chi connectivity index (χ2n) is 4.36. The quantitative estimate of drug-likeness (QED) is 0.835. The lowest BCUT2D eigenvalue weighted by atomic mass is 10.2. The first-order valence-electron chi connectivity index (χ1n) is 5.65. The predicted octanol–water partition coefficient (Wildman–Crippen LogP) is 3.60. The van der Waals surface area contributed by atoms with Gasteiger partial charge in [0.15, 0.2) is 0 Å². The summed E-state index contributed by atoms with van der Waals surface area (Å²) < 4.78 is 0.546. The van der Waals surface area contributed by atoms with Gasteiger partial charge in [0, 0.05) is 6.04 Å². The normalized spacial score (nSPS) is 17.9. The molecule has 0 saturated carbocycles. The summed E-state index contributed by atoms with van der Waals surface area (Å²) in [4.78, 5) is 25.4. The second kappa shape index (κ2) is 5.38. The number of imide groups is 1. The summed E-state index contributed by atoms with van der Waals surface area (Å²) in [6.45, 7) is 3.60. The van der Waals surface area contributed by atoms with Crippen LogP contribution < -0.4 is 0 Å². The number of thioether (sulfide) groups is 1. The molecular formula is C13H12BrNO3S. The summed E-state index contributed by atoms with van der Waals surface area (Å²) in [6.07, 6.45) is 1.65. The fourth-order valence-corrected chi connectivity index (χ4v) is 3.05. The monoisotopic (exact) mass is 341 g/mol. The van der Waals surface area contributed by atoms with Crippen LogP contribution in [0, 0.1) is 0 Å². The highest BCUT2D eigenvalue weighted by atomic mass is 79.9. The van der Waals surface area contributed by atoms with Crippen molar-refractivity contribution in [2.24, 2.45) is 0 Å². The number of aromatic hydroxyl groups is 1. The standard InChI is InChI=1S/C13H12BrNO3S/c1-7(2)15-12(17)11(19-13(15)18)6-8-3-4-10(16)9(14)5-8/h3-7,16H,1-2H3. The first-order valence-corrected chi connectivity index (χ1v) is 7.26. The molecule has 1 fully saturated rings. The smallest absolute Gasteiger partial charge is 0.293 e. The molecule has 100 valence electrons. The zero-order chi connectivity index (χ0) is 14.2. The Kier molecular flexibility index (Phi) is 4.01. The van der Waals surface area contributed by atoms with Crippen molar-refractivity contribution in [1.29, 1.82) is 0 Å². The van der Waals surface area contributed by atoms with Gasteiger partial charge in [-0.3, -0.25) is 14.5 Å². The number of carbonyl (C=O) groups excluding carboxylic acids is 2. The first kappa shape index (κ1) is 14.1.